The standard InChI is InChI=1S/C5H8F5P/c1-3(6,7)5(9,10)4(2,8)11/h11H2,1-2H3. The van der Waals surface area contributed by atoms with Crippen LogP contribution in [0.3, 0.4) is 0 Å². The lowest BCUT2D eigenvalue weighted by molar-refractivity contribution is -0.235. The van der Waals surface area contributed by atoms with Crippen LogP contribution in [0.15, 0.2) is 0 Å². The molecule has 0 heterocycles. The molecule has 0 radical (unpaired) electrons. The Morgan fingerprint density at radius 2 is 1.18 bits per heavy atom. The van der Waals surface area contributed by atoms with Crippen molar-refractivity contribution in [3.8, 4) is 0 Å². The molecule has 0 saturated carbocycles. The largest absolute Gasteiger partial charge is 0.345 e. The Labute approximate surface area is 63.4 Å². The molecule has 0 amide bonds. The Hall–Kier alpha value is 0.0800. The second kappa shape index (κ2) is 2.54. The first-order chi connectivity index (χ1) is 4.50. The van der Waals surface area contributed by atoms with E-state index in [1.54, 1.807) is 0 Å². The summed E-state index contributed by atoms with van der Waals surface area (Å²) in [4.78, 5) is 0. The van der Waals surface area contributed by atoms with Crippen molar-refractivity contribution in [2.24, 2.45) is 0 Å². The van der Waals surface area contributed by atoms with Crippen molar-refractivity contribution in [1.82, 2.24) is 0 Å². The number of rotatable bonds is 2. The van der Waals surface area contributed by atoms with E-state index in [0.717, 1.165) is 9.24 Å². The van der Waals surface area contributed by atoms with Gasteiger partial charge in [-0.05, 0) is 6.92 Å². The van der Waals surface area contributed by atoms with E-state index in [9.17, 15) is 22.0 Å². The molecule has 6 heteroatoms. The quantitative estimate of drug-likeness (QED) is 0.468. The third-order valence-corrected chi connectivity index (χ3v) is 1.53. The maximum absolute atomic E-state index is 12.4. The van der Waals surface area contributed by atoms with Gasteiger partial charge in [0.25, 0.3) is 0 Å². The average Bonchev–Trinajstić information content (AvgIpc) is 1.58. The van der Waals surface area contributed by atoms with E-state index in [0.29, 0.717) is 6.92 Å². The van der Waals surface area contributed by atoms with Gasteiger partial charge in [0.15, 0.2) is 5.41 Å². The average molecular weight is 194 g/mol. The highest BCUT2D eigenvalue weighted by Crippen LogP contribution is 2.47. The molecule has 68 valence electrons. The molecule has 0 saturated heterocycles. The molecular formula is C5H8F5P. The lowest BCUT2D eigenvalue weighted by Gasteiger charge is -2.30. The zero-order valence-corrected chi connectivity index (χ0v) is 7.12. The predicted octanol–water partition coefficient (Wildman–Crippen LogP) is 2.84. The first-order valence-corrected chi connectivity index (χ1v) is 3.31. The highest BCUT2D eigenvalue weighted by molar-refractivity contribution is 7.18. The highest BCUT2D eigenvalue weighted by Gasteiger charge is 2.63. The van der Waals surface area contributed by atoms with Crippen molar-refractivity contribution in [3.05, 3.63) is 0 Å². The lowest BCUT2D eigenvalue weighted by Crippen LogP contribution is -2.49. The fourth-order valence-corrected chi connectivity index (χ4v) is 0.683. The van der Waals surface area contributed by atoms with Gasteiger partial charge in [-0.3, -0.25) is 0 Å². The van der Waals surface area contributed by atoms with Gasteiger partial charge in [0, 0.05) is 6.92 Å². The topological polar surface area (TPSA) is 0 Å². The first kappa shape index (κ1) is 11.1. The van der Waals surface area contributed by atoms with Gasteiger partial charge < -0.3 is 0 Å². The fraction of sp³-hybridized carbons (Fsp3) is 1.00. The van der Waals surface area contributed by atoms with E-state index < -0.39 is 17.3 Å². The molecule has 0 aliphatic rings. The van der Waals surface area contributed by atoms with Crippen molar-refractivity contribution in [3.63, 3.8) is 0 Å². The number of alkyl halides is 5. The normalized spacial score (nSPS) is 19.6. The molecule has 0 aromatic carbocycles. The minimum Gasteiger partial charge on any atom is -0.233 e. The third kappa shape index (κ3) is 2.01. The third-order valence-electron chi connectivity index (χ3n) is 1.17. The van der Waals surface area contributed by atoms with Gasteiger partial charge in [0.1, 0.15) is 0 Å². The van der Waals surface area contributed by atoms with Gasteiger partial charge in [-0.1, -0.05) is 9.24 Å². The van der Waals surface area contributed by atoms with Crippen LogP contribution < -0.4 is 0 Å². The molecule has 0 aliphatic heterocycles. The smallest absolute Gasteiger partial charge is 0.233 e. The molecule has 0 aliphatic carbocycles. The molecule has 0 rings (SSSR count). The van der Waals surface area contributed by atoms with E-state index in [1.807, 2.05) is 0 Å². The predicted molar refractivity (Wildman–Crippen MR) is 34.8 cm³/mol. The Balaban J connectivity index is 4.75. The molecule has 0 spiro atoms. The Kier molecular flexibility index (Phi) is 2.56. The van der Waals surface area contributed by atoms with Gasteiger partial charge in [0.05, 0.1) is 0 Å². The number of hydrogen-bond donors (Lipinski definition) is 0. The molecule has 11 heavy (non-hydrogen) atoms. The second-order valence-corrected chi connectivity index (χ2v) is 3.62. The van der Waals surface area contributed by atoms with Crippen molar-refractivity contribution in [2.75, 3.05) is 0 Å². The van der Waals surface area contributed by atoms with Crippen molar-refractivity contribution in [1.29, 1.82) is 0 Å². The van der Waals surface area contributed by atoms with Gasteiger partial charge in [0.2, 0.25) is 0 Å². The van der Waals surface area contributed by atoms with Crippen LogP contribution in [0, 0.1) is 0 Å². The molecule has 2 atom stereocenters. The monoisotopic (exact) mass is 194 g/mol. The van der Waals surface area contributed by atoms with Crippen LogP contribution in [0.25, 0.3) is 0 Å². The number of hydrogen-bond acceptors (Lipinski definition) is 0. The molecule has 0 aromatic rings. The van der Waals surface area contributed by atoms with Crippen LogP contribution in [0.5, 0.6) is 0 Å². The maximum Gasteiger partial charge on any atom is 0.345 e. The van der Waals surface area contributed by atoms with Gasteiger partial charge in [-0.15, -0.1) is 0 Å². The molecule has 2 unspecified atom stereocenters. The summed E-state index contributed by atoms with van der Waals surface area (Å²) in [6.45, 7) is 0.365. The lowest BCUT2D eigenvalue weighted by atomic mass is 10.1. The van der Waals surface area contributed by atoms with E-state index in [1.165, 1.54) is 0 Å². The minimum absolute atomic E-state index is 0.0190. The second-order valence-electron chi connectivity index (χ2n) is 2.54. The number of halogens is 5. The fourth-order valence-electron chi connectivity index (χ4n) is 0.429. The first-order valence-electron chi connectivity index (χ1n) is 2.73. The van der Waals surface area contributed by atoms with Crippen LogP contribution in [0.4, 0.5) is 22.0 Å². The van der Waals surface area contributed by atoms with Crippen molar-refractivity contribution < 1.29 is 22.0 Å². The van der Waals surface area contributed by atoms with E-state index in [4.69, 9.17) is 0 Å². The molecule has 0 aromatic heterocycles. The van der Waals surface area contributed by atoms with Gasteiger partial charge >= 0.3 is 11.8 Å². The molecule has 0 N–H and O–H groups in total. The van der Waals surface area contributed by atoms with Crippen LogP contribution >= 0.6 is 9.24 Å². The Morgan fingerprint density at radius 3 is 1.18 bits per heavy atom. The van der Waals surface area contributed by atoms with Crippen LogP contribution in [-0.2, 0) is 0 Å². The van der Waals surface area contributed by atoms with Crippen LogP contribution in [0.1, 0.15) is 13.8 Å². The van der Waals surface area contributed by atoms with E-state index in [-0.39, 0.29) is 6.92 Å². The maximum atomic E-state index is 12.4. The van der Waals surface area contributed by atoms with E-state index in [2.05, 4.69) is 0 Å². The molecular weight excluding hydrogens is 186 g/mol. The summed E-state index contributed by atoms with van der Waals surface area (Å²) in [6.07, 6.45) is 0. The summed E-state index contributed by atoms with van der Waals surface area (Å²) in [6, 6.07) is 0. The summed E-state index contributed by atoms with van der Waals surface area (Å²) >= 11 is 0. The summed E-state index contributed by atoms with van der Waals surface area (Å²) in [5.74, 6) is -9.01. The molecule has 0 fully saturated rings. The zero-order valence-electron chi connectivity index (χ0n) is 5.97. The van der Waals surface area contributed by atoms with E-state index >= 15 is 0 Å². The highest BCUT2D eigenvalue weighted by atomic mass is 31.0. The molecule has 0 nitrogen and oxygen atoms in total. The Bertz CT molecular complexity index is 126. The van der Waals surface area contributed by atoms with Gasteiger partial charge in [-0.25, -0.2) is 13.2 Å². The van der Waals surface area contributed by atoms with Crippen LogP contribution in [-0.4, -0.2) is 17.3 Å². The summed E-state index contributed by atoms with van der Waals surface area (Å²) in [7, 11) is 1.05. The summed E-state index contributed by atoms with van der Waals surface area (Å²) < 4.78 is 61.0. The Morgan fingerprint density at radius 1 is 0.909 bits per heavy atom. The van der Waals surface area contributed by atoms with Crippen molar-refractivity contribution >= 4 is 9.24 Å². The summed E-state index contributed by atoms with van der Waals surface area (Å²) in [5.41, 5.74) is 0. The minimum atomic E-state index is -4.66. The van der Waals surface area contributed by atoms with Gasteiger partial charge in [-0.2, -0.15) is 8.78 Å². The molecule has 0 bridgehead atoms. The van der Waals surface area contributed by atoms with Crippen LogP contribution in [0.2, 0.25) is 0 Å². The zero-order chi connectivity index (χ0) is 9.50. The SMILES string of the molecule is CC(F)(F)C(F)(F)C(C)(F)P. The summed E-state index contributed by atoms with van der Waals surface area (Å²) in [5, 5.41) is -3.29. The van der Waals surface area contributed by atoms with Crippen molar-refractivity contribution in [2.45, 2.75) is 31.1 Å².